The molecule has 2 saturated heterocycles. The van der Waals surface area contributed by atoms with Gasteiger partial charge in [0.15, 0.2) is 0 Å². The van der Waals surface area contributed by atoms with Gasteiger partial charge in [-0.25, -0.2) is 8.42 Å². The van der Waals surface area contributed by atoms with Gasteiger partial charge in [0.2, 0.25) is 0 Å². The molecule has 17 heavy (non-hydrogen) atoms. The van der Waals surface area contributed by atoms with Crippen LogP contribution in [0.1, 0.15) is 26.2 Å². The molecule has 102 valence electrons. The fraction of sp³-hybridized carbons (Fsp3) is 1.00. The molecule has 2 atom stereocenters. The van der Waals surface area contributed by atoms with Crippen molar-refractivity contribution in [1.82, 2.24) is 5.32 Å². The third kappa shape index (κ3) is 4.73. The van der Waals surface area contributed by atoms with Crippen molar-refractivity contribution in [1.29, 1.82) is 0 Å². The van der Waals surface area contributed by atoms with E-state index in [9.17, 15) is 8.42 Å². The zero-order valence-electron chi connectivity index (χ0n) is 10.2. The van der Waals surface area contributed by atoms with E-state index >= 15 is 0 Å². The summed E-state index contributed by atoms with van der Waals surface area (Å²) in [7, 11) is -2.73. The molecule has 4 nitrogen and oxygen atoms in total. The highest BCUT2D eigenvalue weighted by molar-refractivity contribution is 7.91. The van der Waals surface area contributed by atoms with Crippen LogP contribution >= 0.6 is 12.4 Å². The van der Waals surface area contributed by atoms with Crippen LogP contribution in [-0.2, 0) is 14.6 Å². The van der Waals surface area contributed by atoms with Gasteiger partial charge in [-0.05, 0) is 31.1 Å². The highest BCUT2D eigenvalue weighted by Gasteiger charge is 2.27. The van der Waals surface area contributed by atoms with Crippen LogP contribution in [0, 0.1) is 11.8 Å². The van der Waals surface area contributed by atoms with Crippen molar-refractivity contribution < 1.29 is 13.2 Å². The van der Waals surface area contributed by atoms with E-state index < -0.39 is 9.84 Å². The van der Waals surface area contributed by atoms with Crippen LogP contribution in [0.25, 0.3) is 0 Å². The zero-order chi connectivity index (χ0) is 11.6. The molecule has 2 rings (SSSR count). The highest BCUT2D eigenvalue weighted by atomic mass is 35.5. The maximum absolute atomic E-state index is 11.3. The van der Waals surface area contributed by atoms with Gasteiger partial charge in [0, 0.05) is 6.54 Å². The summed E-state index contributed by atoms with van der Waals surface area (Å²) in [6.45, 7) is 3.99. The van der Waals surface area contributed by atoms with Gasteiger partial charge in [0.05, 0.1) is 18.1 Å². The number of rotatable bonds is 2. The predicted molar refractivity (Wildman–Crippen MR) is 70.1 cm³/mol. The Kier molecular flexibility index (Phi) is 5.70. The smallest absolute Gasteiger partial charge is 0.150 e. The maximum atomic E-state index is 11.3. The van der Waals surface area contributed by atoms with Crippen LogP contribution in [0.2, 0.25) is 0 Å². The maximum Gasteiger partial charge on any atom is 0.150 e. The lowest BCUT2D eigenvalue weighted by molar-refractivity contribution is -0.0365. The molecule has 2 aliphatic rings. The van der Waals surface area contributed by atoms with Gasteiger partial charge in [-0.1, -0.05) is 6.92 Å². The molecular weight excluding hydrogens is 262 g/mol. The van der Waals surface area contributed by atoms with E-state index in [1.54, 1.807) is 0 Å². The van der Waals surface area contributed by atoms with Crippen molar-refractivity contribution in [3.63, 3.8) is 0 Å². The number of halogens is 1. The molecule has 0 spiro atoms. The van der Waals surface area contributed by atoms with Crippen LogP contribution in [0.3, 0.4) is 0 Å². The van der Waals surface area contributed by atoms with Crippen LogP contribution in [0.15, 0.2) is 0 Å². The fourth-order valence-electron chi connectivity index (χ4n) is 2.36. The van der Waals surface area contributed by atoms with Gasteiger partial charge in [-0.15, -0.1) is 12.4 Å². The number of hydrogen-bond donors (Lipinski definition) is 1. The summed E-state index contributed by atoms with van der Waals surface area (Å²) in [4.78, 5) is 0. The number of nitrogens with one attached hydrogen (secondary N) is 1. The van der Waals surface area contributed by atoms with Crippen molar-refractivity contribution in [2.24, 2.45) is 11.8 Å². The highest BCUT2D eigenvalue weighted by Crippen LogP contribution is 2.24. The van der Waals surface area contributed by atoms with E-state index in [-0.39, 0.29) is 18.6 Å². The Hall–Kier alpha value is 0.160. The van der Waals surface area contributed by atoms with Gasteiger partial charge >= 0.3 is 0 Å². The summed E-state index contributed by atoms with van der Waals surface area (Å²) in [6, 6.07) is 0. The minimum Gasteiger partial charge on any atom is -0.363 e. The summed E-state index contributed by atoms with van der Waals surface area (Å²) >= 11 is 0. The molecule has 0 aliphatic carbocycles. The quantitative estimate of drug-likeness (QED) is 0.828. The molecular formula is C11H22ClNO3S. The van der Waals surface area contributed by atoms with Crippen LogP contribution in [0.5, 0.6) is 0 Å². The van der Waals surface area contributed by atoms with Crippen molar-refractivity contribution in [2.45, 2.75) is 32.4 Å². The molecule has 0 saturated carbocycles. The molecule has 0 aromatic carbocycles. The Bertz CT molecular complexity index is 312. The summed E-state index contributed by atoms with van der Waals surface area (Å²) < 4.78 is 28.3. The summed E-state index contributed by atoms with van der Waals surface area (Å²) in [5.74, 6) is 1.82. The topological polar surface area (TPSA) is 55.4 Å². The zero-order valence-corrected chi connectivity index (χ0v) is 11.9. The largest absolute Gasteiger partial charge is 0.363 e. The van der Waals surface area contributed by atoms with Gasteiger partial charge in [-0.3, -0.25) is 5.32 Å². The van der Waals surface area contributed by atoms with Gasteiger partial charge in [-0.2, -0.15) is 0 Å². The Morgan fingerprint density at radius 2 is 1.94 bits per heavy atom. The van der Waals surface area contributed by atoms with Crippen LogP contribution in [0.4, 0.5) is 0 Å². The molecule has 2 unspecified atom stereocenters. The molecule has 0 aromatic heterocycles. The molecule has 0 radical (unpaired) electrons. The third-order valence-corrected chi connectivity index (χ3v) is 5.21. The number of ether oxygens (including phenoxy) is 1. The first-order valence-corrected chi connectivity index (χ1v) is 7.93. The van der Waals surface area contributed by atoms with Crippen LogP contribution in [-0.4, -0.2) is 39.3 Å². The monoisotopic (exact) mass is 283 g/mol. The van der Waals surface area contributed by atoms with E-state index in [0.29, 0.717) is 23.3 Å². The first kappa shape index (κ1) is 15.2. The molecule has 2 aliphatic heterocycles. The molecule has 2 fully saturated rings. The Balaban J connectivity index is 0.00000144. The number of sulfone groups is 1. The Morgan fingerprint density at radius 1 is 1.29 bits per heavy atom. The van der Waals surface area contributed by atoms with E-state index in [1.165, 1.54) is 0 Å². The molecule has 0 bridgehead atoms. The summed E-state index contributed by atoms with van der Waals surface area (Å²) in [5.41, 5.74) is 0. The first-order valence-electron chi connectivity index (χ1n) is 6.10. The second-order valence-electron chi connectivity index (χ2n) is 5.17. The average Bonchev–Trinajstić information content (AvgIpc) is 2.24. The van der Waals surface area contributed by atoms with E-state index in [4.69, 9.17) is 4.74 Å². The third-order valence-electron chi connectivity index (χ3n) is 3.50. The van der Waals surface area contributed by atoms with E-state index in [1.807, 2.05) is 0 Å². The Labute approximate surface area is 110 Å². The summed E-state index contributed by atoms with van der Waals surface area (Å²) in [5, 5.41) is 3.37. The van der Waals surface area contributed by atoms with Crippen molar-refractivity contribution in [2.75, 3.05) is 24.7 Å². The molecule has 2 heterocycles. The predicted octanol–water partition coefficient (Wildman–Crippen LogP) is 1.21. The van der Waals surface area contributed by atoms with E-state index in [0.717, 1.165) is 32.4 Å². The normalized spacial score (nSPS) is 33.9. The Morgan fingerprint density at radius 3 is 2.47 bits per heavy atom. The lowest BCUT2D eigenvalue weighted by atomic mass is 9.97. The van der Waals surface area contributed by atoms with Gasteiger partial charge in [0.25, 0.3) is 0 Å². The first-order chi connectivity index (χ1) is 7.55. The lowest BCUT2D eigenvalue weighted by Crippen LogP contribution is -2.44. The van der Waals surface area contributed by atoms with Crippen molar-refractivity contribution in [3.05, 3.63) is 0 Å². The molecule has 6 heteroatoms. The average molecular weight is 284 g/mol. The SMILES string of the molecule is CC1CNC(CC2CCS(=O)(=O)CC2)OC1.Cl. The second kappa shape index (κ2) is 6.36. The van der Waals surface area contributed by atoms with Crippen LogP contribution < -0.4 is 5.32 Å². The van der Waals surface area contributed by atoms with Gasteiger partial charge < -0.3 is 4.74 Å². The molecule has 0 amide bonds. The van der Waals surface area contributed by atoms with Crippen molar-refractivity contribution >= 4 is 22.2 Å². The minimum atomic E-state index is -2.73. The lowest BCUT2D eigenvalue weighted by Gasteiger charge is -2.32. The van der Waals surface area contributed by atoms with Gasteiger partial charge in [0.1, 0.15) is 16.1 Å². The molecule has 0 aromatic rings. The van der Waals surface area contributed by atoms with Crippen molar-refractivity contribution in [3.8, 4) is 0 Å². The van der Waals surface area contributed by atoms with E-state index in [2.05, 4.69) is 12.2 Å². The number of hydrogen-bond acceptors (Lipinski definition) is 4. The minimum absolute atomic E-state index is 0. The standard InChI is InChI=1S/C11H21NO3S.ClH/c1-9-7-12-11(15-8-9)6-10-2-4-16(13,14)5-3-10;/h9-12H,2-8H2,1H3;1H. The fourth-order valence-corrected chi connectivity index (χ4v) is 3.95. The molecule has 1 N–H and O–H groups in total. The summed E-state index contributed by atoms with van der Waals surface area (Å²) in [6.07, 6.45) is 2.71. The second-order valence-corrected chi connectivity index (χ2v) is 7.47.